The van der Waals surface area contributed by atoms with Crippen LogP contribution in [-0.4, -0.2) is 0 Å². The number of unbranched alkanes of at least 4 members (excludes halogenated alkanes) is 1. The van der Waals surface area contributed by atoms with Crippen molar-refractivity contribution in [3.8, 4) is 0 Å². The van der Waals surface area contributed by atoms with Gasteiger partial charge in [-0.05, 0) is 177 Å². The van der Waals surface area contributed by atoms with Gasteiger partial charge in [0.15, 0.2) is 0 Å². The molecule has 12 aliphatic carbocycles. The highest BCUT2D eigenvalue weighted by atomic mass is 14.8. The minimum absolute atomic E-state index is 0.241. The molecule has 0 bridgehead atoms. The second-order valence-corrected chi connectivity index (χ2v) is 19.8. The highest BCUT2D eigenvalue weighted by Gasteiger charge is 2.82. The summed E-state index contributed by atoms with van der Waals surface area (Å²) in [4.78, 5) is 0. The maximum absolute atomic E-state index is 2.98. The van der Waals surface area contributed by atoms with Crippen LogP contribution in [0.25, 0.3) is 54.2 Å². The molecule has 11 atom stereocenters. The molecule has 0 aromatic heterocycles. The summed E-state index contributed by atoms with van der Waals surface area (Å²) in [6, 6.07) is 15.0. The highest BCUT2D eigenvalue weighted by molar-refractivity contribution is 6.39. The van der Waals surface area contributed by atoms with Crippen LogP contribution in [0.15, 0.2) is 54.1 Å². The van der Waals surface area contributed by atoms with E-state index in [1.165, 1.54) is 51.4 Å². The normalized spacial score (nSPS) is 40.9. The molecule has 50 heavy (non-hydrogen) atoms. The van der Waals surface area contributed by atoms with Gasteiger partial charge >= 0.3 is 0 Å². The first-order valence-electron chi connectivity index (χ1n) is 20.7. The van der Waals surface area contributed by atoms with E-state index < -0.39 is 0 Å². The quantitative estimate of drug-likeness (QED) is 0.169. The fourth-order valence-electron chi connectivity index (χ4n) is 18.7. The Morgan fingerprint density at radius 2 is 1.66 bits per heavy atom. The average molecular weight is 637 g/mol. The number of allylic oxidation sites excluding steroid dienone is 4. The summed E-state index contributed by atoms with van der Waals surface area (Å²) in [6.07, 6.45) is 16.7. The maximum Gasteiger partial charge on any atom is 0.0149 e. The summed E-state index contributed by atoms with van der Waals surface area (Å²) in [7, 11) is 0. The van der Waals surface area contributed by atoms with Crippen molar-refractivity contribution in [3.63, 3.8) is 0 Å². The van der Waals surface area contributed by atoms with Crippen LogP contribution in [0.1, 0.15) is 131 Å². The molecule has 0 heteroatoms. The van der Waals surface area contributed by atoms with Crippen molar-refractivity contribution >= 4 is 54.2 Å². The van der Waals surface area contributed by atoms with Crippen LogP contribution in [0.5, 0.6) is 0 Å². The van der Waals surface area contributed by atoms with Crippen LogP contribution in [0.2, 0.25) is 0 Å². The predicted molar refractivity (Wildman–Crippen MR) is 201 cm³/mol. The zero-order chi connectivity index (χ0) is 31.2. The van der Waals surface area contributed by atoms with Crippen molar-refractivity contribution < 1.29 is 0 Å². The molecule has 2 saturated carbocycles. The third kappa shape index (κ3) is 1.74. The van der Waals surface area contributed by atoms with Crippen molar-refractivity contribution in [2.75, 3.05) is 0 Å². The molecule has 6 aromatic carbocycles. The van der Waals surface area contributed by atoms with Crippen LogP contribution in [0.4, 0.5) is 0 Å². The van der Waals surface area contributed by atoms with Gasteiger partial charge in [0, 0.05) is 40.4 Å². The van der Waals surface area contributed by atoms with Crippen LogP contribution >= 0.6 is 0 Å². The van der Waals surface area contributed by atoms with Crippen LogP contribution in [0.3, 0.4) is 0 Å². The lowest BCUT2D eigenvalue weighted by Gasteiger charge is -2.44. The van der Waals surface area contributed by atoms with Crippen molar-refractivity contribution in [1.29, 1.82) is 0 Å². The van der Waals surface area contributed by atoms with E-state index in [0.29, 0.717) is 35.5 Å². The Morgan fingerprint density at radius 3 is 2.58 bits per heavy atom. The first-order valence-corrected chi connectivity index (χ1v) is 20.7. The Bertz CT molecular complexity index is 3060. The molecule has 0 radical (unpaired) electrons. The van der Waals surface area contributed by atoms with Gasteiger partial charge in [-0.3, -0.25) is 0 Å². The topological polar surface area (TPSA) is 0 Å². The summed E-state index contributed by atoms with van der Waals surface area (Å²) in [6.45, 7) is 2.44. The molecule has 0 nitrogen and oxygen atoms in total. The Morgan fingerprint density at radius 1 is 0.760 bits per heavy atom. The van der Waals surface area contributed by atoms with E-state index in [9.17, 15) is 0 Å². The first-order chi connectivity index (χ1) is 24.8. The van der Waals surface area contributed by atoms with E-state index in [4.69, 9.17) is 0 Å². The molecule has 0 amide bonds. The van der Waals surface area contributed by atoms with Crippen LogP contribution in [-0.2, 0) is 23.7 Å². The summed E-state index contributed by atoms with van der Waals surface area (Å²) < 4.78 is 0. The minimum Gasteiger partial charge on any atom is -0.0806 e. The lowest BCUT2D eigenvalue weighted by Crippen LogP contribution is -2.31. The standard InChI is InChI=1S/C50H36/c1-2-3-9-49(25-7-5-4-6-8-25)48-26-16-23-14-20-12-21-11-18-10-19-13-22-15-24-17-50(48,49)47-33(24)38-32(22)37-28(19)27(18)35-31(21)36-29(20)30(23)39-34(26)46(47)45-43(38)41(37)40(35)42(36)44(39)45/h4-8,11,13,16,20,22-24,28-29,32,37,48H,2-3,9-10,12,14-15,17H2,1H3. The van der Waals surface area contributed by atoms with Crippen molar-refractivity contribution in [3.05, 3.63) is 115 Å². The second kappa shape index (κ2) is 6.40. The molecule has 236 valence electrons. The van der Waals surface area contributed by atoms with Gasteiger partial charge in [0.2, 0.25) is 0 Å². The fourth-order valence-corrected chi connectivity index (χ4v) is 18.7. The predicted octanol–water partition coefficient (Wildman–Crippen LogP) is 10.6. The molecule has 12 aliphatic rings. The van der Waals surface area contributed by atoms with Gasteiger partial charge < -0.3 is 0 Å². The SMILES string of the molecule is CCCCC1(c2ccccc2)C2C3=CC4CC5Cc6cc7c8c9c6c6c%10c9c9c%11c%12c%13c(c%14c3c(c%10c%14%11)=C4C65)C21CC%13CC1C=C(C7)C8C9C%121. The third-order valence-electron chi connectivity index (χ3n) is 19.1. The summed E-state index contributed by atoms with van der Waals surface area (Å²) in [5.74, 6) is 6.25. The Kier molecular flexibility index (Phi) is 3.01. The van der Waals surface area contributed by atoms with Gasteiger partial charge in [-0.25, -0.2) is 0 Å². The van der Waals surface area contributed by atoms with Crippen molar-refractivity contribution in [2.24, 2.45) is 23.7 Å². The maximum atomic E-state index is 2.98. The van der Waals surface area contributed by atoms with Gasteiger partial charge in [-0.2, -0.15) is 0 Å². The minimum atomic E-state index is 0.241. The number of fused-ring (bicyclic) bond motifs is 1. The number of hydrogen-bond acceptors (Lipinski definition) is 0. The molecule has 11 unspecified atom stereocenters. The summed E-state index contributed by atoms with van der Waals surface area (Å²) in [5, 5.41) is 16.3. The average Bonchev–Trinajstić information content (AvgIpc) is 3.81. The molecule has 0 aliphatic heterocycles. The lowest BCUT2D eigenvalue weighted by atomic mass is 9.59. The number of benzene rings is 4. The third-order valence-corrected chi connectivity index (χ3v) is 19.1. The Balaban J connectivity index is 1.16. The molecule has 0 N–H and O–H groups in total. The molecule has 1 spiro atoms. The van der Waals surface area contributed by atoms with Crippen molar-refractivity contribution in [2.45, 2.75) is 98.7 Å². The van der Waals surface area contributed by atoms with E-state index >= 15 is 0 Å². The lowest BCUT2D eigenvalue weighted by molar-refractivity contribution is 0.319. The van der Waals surface area contributed by atoms with Crippen LogP contribution < -0.4 is 5.22 Å². The zero-order valence-electron chi connectivity index (χ0n) is 28.5. The van der Waals surface area contributed by atoms with E-state index in [1.807, 2.05) is 82.2 Å². The van der Waals surface area contributed by atoms with Crippen LogP contribution in [0, 0.1) is 23.7 Å². The molecular formula is C50H36. The van der Waals surface area contributed by atoms with Gasteiger partial charge in [0.05, 0.1) is 0 Å². The van der Waals surface area contributed by atoms with Crippen molar-refractivity contribution in [1.82, 2.24) is 0 Å². The Labute approximate surface area is 290 Å². The highest BCUT2D eigenvalue weighted by Crippen LogP contribution is 2.87. The second-order valence-electron chi connectivity index (χ2n) is 19.8. The first kappa shape index (κ1) is 23.6. The summed E-state index contributed by atoms with van der Waals surface area (Å²) in [5.41, 5.74) is 24.5. The van der Waals surface area contributed by atoms with Gasteiger partial charge in [-0.1, -0.05) is 73.9 Å². The molecule has 6 aromatic rings. The molecule has 2 fully saturated rings. The largest absolute Gasteiger partial charge is 0.0806 e. The van der Waals surface area contributed by atoms with Gasteiger partial charge in [-0.15, -0.1) is 0 Å². The molecule has 18 rings (SSSR count). The van der Waals surface area contributed by atoms with Gasteiger partial charge in [0.25, 0.3) is 0 Å². The zero-order valence-corrected chi connectivity index (χ0v) is 28.5. The molecular weight excluding hydrogens is 601 g/mol. The fraction of sp³-hybridized carbons (Fsp3) is 0.400. The molecule has 0 heterocycles. The summed E-state index contributed by atoms with van der Waals surface area (Å²) >= 11 is 0. The van der Waals surface area contributed by atoms with E-state index in [-0.39, 0.29) is 10.8 Å². The Hall–Kier alpha value is -3.90. The van der Waals surface area contributed by atoms with E-state index in [0.717, 1.165) is 17.8 Å². The van der Waals surface area contributed by atoms with E-state index in [2.05, 4.69) is 55.5 Å². The van der Waals surface area contributed by atoms with E-state index in [1.54, 1.807) is 38.4 Å². The van der Waals surface area contributed by atoms with Gasteiger partial charge in [0.1, 0.15) is 0 Å². The number of rotatable bonds is 4. The number of hydrogen-bond donors (Lipinski definition) is 0. The molecule has 0 saturated heterocycles. The monoisotopic (exact) mass is 636 g/mol. The smallest absolute Gasteiger partial charge is 0.0149 e.